The molecule has 0 heterocycles. The summed E-state index contributed by atoms with van der Waals surface area (Å²) < 4.78 is 42.6. The Kier molecular flexibility index (Phi) is 6.57. The molecule has 0 N–H and O–H groups in total. The molecule has 0 aliphatic heterocycles. The summed E-state index contributed by atoms with van der Waals surface area (Å²) in [6.07, 6.45) is -0.119. The van der Waals surface area contributed by atoms with E-state index in [1.165, 1.54) is 12.1 Å². The lowest BCUT2D eigenvalue weighted by Crippen LogP contribution is -2.33. The summed E-state index contributed by atoms with van der Waals surface area (Å²) in [7, 11) is -1.38. The van der Waals surface area contributed by atoms with E-state index >= 15 is 0 Å². The van der Waals surface area contributed by atoms with Crippen molar-refractivity contribution in [3.8, 4) is 0 Å². The van der Waals surface area contributed by atoms with Crippen molar-refractivity contribution in [2.45, 2.75) is 46.4 Å². The molecule has 0 spiro atoms. The van der Waals surface area contributed by atoms with E-state index in [4.69, 9.17) is 13.9 Å². The zero-order valence-electron chi connectivity index (χ0n) is 11.7. The average molecular weight is 290 g/mol. The highest BCUT2D eigenvalue weighted by molar-refractivity contribution is 6.47. The monoisotopic (exact) mass is 290 g/mol. The summed E-state index contributed by atoms with van der Waals surface area (Å²) in [5.41, 5.74) is 0. The molecule has 0 unspecified atom stereocenters. The molecule has 0 aliphatic rings. The molecule has 0 aromatic heterocycles. The average Bonchev–Trinajstić information content (AvgIpc) is 2.25. The molecule has 108 valence electrons. The van der Waals surface area contributed by atoms with Crippen molar-refractivity contribution in [2.24, 2.45) is 0 Å². The quantitative estimate of drug-likeness (QED) is 0.566. The Morgan fingerprint density at radius 2 is 1.58 bits per heavy atom. The molecule has 0 aliphatic carbocycles. The van der Waals surface area contributed by atoms with E-state index in [0.29, 0.717) is 5.19 Å². The van der Waals surface area contributed by atoms with Gasteiger partial charge in [0, 0.05) is 6.07 Å². The second kappa shape index (κ2) is 7.69. The van der Waals surface area contributed by atoms with Crippen LogP contribution in [0.5, 0.6) is 0 Å². The van der Waals surface area contributed by atoms with Crippen LogP contribution in [0.3, 0.4) is 0 Å². The minimum Gasteiger partial charge on any atom is -0.373 e. The Balaban J connectivity index is 2.59. The lowest BCUT2D eigenvalue weighted by Gasteiger charge is -2.23. The van der Waals surface area contributed by atoms with E-state index in [-0.39, 0.29) is 12.2 Å². The first-order valence-electron chi connectivity index (χ1n) is 6.25. The number of benzene rings is 1. The fourth-order valence-electron chi connectivity index (χ4n) is 1.35. The van der Waals surface area contributed by atoms with Crippen LogP contribution < -0.4 is 5.19 Å². The second-order valence-electron chi connectivity index (χ2n) is 4.71. The topological polar surface area (TPSA) is 27.7 Å². The third-order valence-electron chi connectivity index (χ3n) is 2.16. The van der Waals surface area contributed by atoms with Crippen LogP contribution >= 0.6 is 0 Å². The third-order valence-corrected chi connectivity index (χ3v) is 3.48. The maximum Gasteiger partial charge on any atom is 0.262 e. The fraction of sp³-hybridized carbons (Fsp3) is 0.538. The van der Waals surface area contributed by atoms with Crippen LogP contribution in [0.15, 0.2) is 18.2 Å². The summed E-state index contributed by atoms with van der Waals surface area (Å²) in [5, 5.41) is 0.395. The van der Waals surface area contributed by atoms with Gasteiger partial charge in [0.05, 0.1) is 12.2 Å². The zero-order valence-corrected chi connectivity index (χ0v) is 13.1. The van der Waals surface area contributed by atoms with E-state index in [1.807, 2.05) is 27.7 Å². The molecule has 0 atom stereocenters. The Bertz CT molecular complexity index is 389. The first-order chi connectivity index (χ1) is 8.88. The minimum atomic E-state index is -1.38. The van der Waals surface area contributed by atoms with Gasteiger partial charge in [-0.2, -0.15) is 0 Å². The van der Waals surface area contributed by atoms with Gasteiger partial charge in [0.2, 0.25) is 9.76 Å². The van der Waals surface area contributed by atoms with Gasteiger partial charge in [-0.15, -0.1) is 0 Å². The predicted octanol–water partition coefficient (Wildman–Crippen LogP) is 1.82. The Morgan fingerprint density at radius 3 is 2.05 bits per heavy atom. The highest BCUT2D eigenvalue weighted by Gasteiger charge is 2.15. The zero-order chi connectivity index (χ0) is 14.4. The van der Waals surface area contributed by atoms with Crippen molar-refractivity contribution in [2.75, 3.05) is 0 Å². The lowest BCUT2D eigenvalue weighted by atomic mass is 10.3. The molecule has 0 bridgehead atoms. The molecule has 0 saturated carbocycles. The molecule has 3 nitrogen and oxygen atoms in total. The first kappa shape index (κ1) is 16.2. The largest absolute Gasteiger partial charge is 0.373 e. The van der Waals surface area contributed by atoms with Crippen molar-refractivity contribution >= 4 is 14.9 Å². The van der Waals surface area contributed by atoms with E-state index in [9.17, 15) is 8.78 Å². The Labute approximate surface area is 114 Å². The van der Waals surface area contributed by atoms with Crippen molar-refractivity contribution in [1.82, 2.24) is 0 Å². The molecule has 0 radical (unpaired) electrons. The molecule has 0 fully saturated rings. The Morgan fingerprint density at radius 1 is 1.00 bits per heavy atom. The van der Waals surface area contributed by atoms with Crippen LogP contribution in [-0.2, 0) is 13.9 Å². The third kappa shape index (κ3) is 6.24. The molecular formula is C13H20F2O3Si. The maximum absolute atomic E-state index is 13.5. The fourth-order valence-corrected chi connectivity index (χ4v) is 2.28. The predicted molar refractivity (Wildman–Crippen MR) is 71.9 cm³/mol. The Hall–Kier alpha value is -0.823. The van der Waals surface area contributed by atoms with Crippen LogP contribution in [0.1, 0.15) is 27.7 Å². The van der Waals surface area contributed by atoms with Gasteiger partial charge in [-0.1, -0.05) is 6.07 Å². The summed E-state index contributed by atoms with van der Waals surface area (Å²) in [6, 6.07) is 3.47. The molecule has 1 rings (SSSR count). The summed E-state index contributed by atoms with van der Waals surface area (Å²) in [5.74, 6) is -1.18. The van der Waals surface area contributed by atoms with Crippen molar-refractivity contribution in [3.63, 3.8) is 0 Å². The van der Waals surface area contributed by atoms with Gasteiger partial charge in [-0.3, -0.25) is 0 Å². The van der Waals surface area contributed by atoms with E-state index in [0.717, 1.165) is 6.07 Å². The SMILES string of the molecule is CC(C)OC(O[SiH2]c1ccc(F)cc1F)OC(C)C. The molecular weight excluding hydrogens is 270 g/mol. The van der Waals surface area contributed by atoms with Crippen LogP contribution in [0.2, 0.25) is 0 Å². The lowest BCUT2D eigenvalue weighted by molar-refractivity contribution is -0.274. The van der Waals surface area contributed by atoms with Crippen LogP contribution in [-0.4, -0.2) is 28.4 Å². The van der Waals surface area contributed by atoms with Gasteiger partial charge in [-0.25, -0.2) is 8.78 Å². The molecule has 19 heavy (non-hydrogen) atoms. The van der Waals surface area contributed by atoms with Gasteiger partial charge in [0.1, 0.15) is 11.6 Å². The smallest absolute Gasteiger partial charge is 0.262 e. The van der Waals surface area contributed by atoms with Crippen LogP contribution in [0.25, 0.3) is 0 Å². The van der Waals surface area contributed by atoms with Crippen molar-refractivity contribution in [3.05, 3.63) is 29.8 Å². The molecule has 6 heteroatoms. The molecule has 1 aromatic carbocycles. The summed E-state index contributed by atoms with van der Waals surface area (Å²) in [4.78, 5) is 0. The van der Waals surface area contributed by atoms with Crippen LogP contribution in [0.4, 0.5) is 8.78 Å². The van der Waals surface area contributed by atoms with E-state index in [2.05, 4.69) is 0 Å². The van der Waals surface area contributed by atoms with Gasteiger partial charge in [0.25, 0.3) is 6.48 Å². The first-order valence-corrected chi connectivity index (χ1v) is 7.53. The highest BCUT2D eigenvalue weighted by Crippen LogP contribution is 2.06. The normalized spacial score (nSPS) is 12.5. The van der Waals surface area contributed by atoms with Gasteiger partial charge >= 0.3 is 0 Å². The van der Waals surface area contributed by atoms with Crippen molar-refractivity contribution in [1.29, 1.82) is 0 Å². The molecule has 0 saturated heterocycles. The van der Waals surface area contributed by atoms with Crippen molar-refractivity contribution < 1.29 is 22.7 Å². The van der Waals surface area contributed by atoms with Gasteiger partial charge in [-0.05, 0) is 38.9 Å². The summed E-state index contributed by atoms with van der Waals surface area (Å²) >= 11 is 0. The van der Waals surface area contributed by atoms with E-state index < -0.39 is 27.9 Å². The standard InChI is InChI=1S/C13H20F2O3Si/c1-8(2)16-13(17-9(3)4)18-19-12-6-5-10(14)7-11(12)15/h5-9,13H,19H2,1-4H3. The highest BCUT2D eigenvalue weighted by atomic mass is 28.2. The number of halogens is 2. The minimum absolute atomic E-state index is 0.0594. The number of hydrogen-bond donors (Lipinski definition) is 0. The van der Waals surface area contributed by atoms with E-state index in [1.54, 1.807) is 0 Å². The molecule has 1 aromatic rings. The molecule has 0 amide bonds. The number of ether oxygens (including phenoxy) is 2. The number of hydrogen-bond acceptors (Lipinski definition) is 3. The maximum atomic E-state index is 13.5. The van der Waals surface area contributed by atoms with Crippen LogP contribution in [0, 0.1) is 11.6 Å². The van der Waals surface area contributed by atoms with Gasteiger partial charge < -0.3 is 13.9 Å². The summed E-state index contributed by atoms with van der Waals surface area (Å²) in [6.45, 7) is 6.64. The number of rotatable bonds is 7. The van der Waals surface area contributed by atoms with Gasteiger partial charge in [0.15, 0.2) is 0 Å². The second-order valence-corrected chi connectivity index (χ2v) is 6.09.